The third kappa shape index (κ3) is 3.90. The molecule has 0 bridgehead atoms. The lowest BCUT2D eigenvalue weighted by Crippen LogP contribution is -2.42. The molecule has 1 N–H and O–H groups in total. The number of ketones is 1. The molecule has 2 aromatic carbocycles. The first-order valence-corrected chi connectivity index (χ1v) is 10.4. The molecule has 0 heterocycles. The van der Waals surface area contributed by atoms with E-state index in [1.807, 2.05) is 31.2 Å². The average molecular weight is 385 g/mol. The largest absolute Gasteiger partial charge is 0.392 e. The maximum Gasteiger partial charge on any atom is 0.184 e. The number of carbonyl (C=O) groups excluding carboxylic acids is 1. The zero-order chi connectivity index (χ0) is 20.4. The van der Waals surface area contributed by atoms with E-state index in [4.69, 9.17) is 0 Å². The number of carbonyl (C=O) groups is 1. The molecular weight excluding hydrogens is 356 g/mol. The summed E-state index contributed by atoms with van der Waals surface area (Å²) in [6, 6.07) is 18.5. The van der Waals surface area contributed by atoms with Crippen LogP contribution in [-0.2, 0) is 4.79 Å². The smallest absolute Gasteiger partial charge is 0.184 e. The number of Topliss-reactive ketones (excluding diaryl/α,β-unsaturated/α-hetero) is 1. The van der Waals surface area contributed by atoms with Gasteiger partial charge < -0.3 is 5.11 Å². The minimum absolute atomic E-state index is 0.139. The predicted octanol–water partition coefficient (Wildman–Crippen LogP) is 6.08. The Bertz CT molecular complexity index is 993. The zero-order valence-corrected chi connectivity index (χ0v) is 17.2. The molecule has 2 heteroatoms. The van der Waals surface area contributed by atoms with Gasteiger partial charge in [-0.25, -0.2) is 0 Å². The Kier molecular flexibility index (Phi) is 5.38. The molecular formula is C27H28O2. The number of rotatable bonds is 3. The van der Waals surface area contributed by atoms with Gasteiger partial charge in [0.25, 0.3) is 0 Å². The number of hydrogen-bond donors (Lipinski definition) is 1. The van der Waals surface area contributed by atoms with Gasteiger partial charge in [0, 0.05) is 11.0 Å². The van der Waals surface area contributed by atoms with Crippen molar-refractivity contribution < 1.29 is 9.90 Å². The molecule has 0 radical (unpaired) electrons. The second-order valence-electron chi connectivity index (χ2n) is 8.52. The van der Waals surface area contributed by atoms with Crippen molar-refractivity contribution in [1.29, 1.82) is 0 Å². The Morgan fingerprint density at radius 1 is 0.966 bits per heavy atom. The highest BCUT2D eigenvalue weighted by atomic mass is 16.3. The van der Waals surface area contributed by atoms with Crippen LogP contribution in [0.5, 0.6) is 0 Å². The molecule has 1 saturated carbocycles. The van der Waals surface area contributed by atoms with Crippen molar-refractivity contribution in [3.8, 4) is 0 Å². The summed E-state index contributed by atoms with van der Waals surface area (Å²) >= 11 is 0. The standard InChI is InChI=1S/C27H28O2/c1-19-24-9-6-10-25(28)27(24,2)18-23(26(19)29)17-22-15-13-21(14-16-22)12-11-20-7-4-3-5-8-20/h3-5,7-8,11-17,25,28H,6,9-10,18H2,1-2H3/t25-,27-/m0/s1. The maximum atomic E-state index is 12.9. The third-order valence-corrected chi connectivity index (χ3v) is 6.52. The lowest BCUT2D eigenvalue weighted by atomic mass is 9.61. The van der Waals surface area contributed by atoms with Crippen LogP contribution < -0.4 is 0 Å². The number of allylic oxidation sites excluding steroid dienone is 2. The van der Waals surface area contributed by atoms with Crippen molar-refractivity contribution >= 4 is 24.0 Å². The van der Waals surface area contributed by atoms with Crippen LogP contribution in [0.4, 0.5) is 0 Å². The molecule has 1 fully saturated rings. The molecule has 4 rings (SSSR count). The molecule has 0 amide bonds. The van der Waals surface area contributed by atoms with E-state index in [0.717, 1.165) is 41.5 Å². The summed E-state index contributed by atoms with van der Waals surface area (Å²) < 4.78 is 0. The summed E-state index contributed by atoms with van der Waals surface area (Å²) in [6.45, 7) is 4.05. The second-order valence-corrected chi connectivity index (χ2v) is 8.52. The molecule has 2 atom stereocenters. The fourth-order valence-corrected chi connectivity index (χ4v) is 4.75. The zero-order valence-electron chi connectivity index (χ0n) is 17.2. The van der Waals surface area contributed by atoms with Crippen molar-refractivity contribution in [2.24, 2.45) is 5.41 Å². The van der Waals surface area contributed by atoms with E-state index in [1.54, 1.807) is 0 Å². The van der Waals surface area contributed by atoms with Gasteiger partial charge in [-0.05, 0) is 60.9 Å². The van der Waals surface area contributed by atoms with Gasteiger partial charge in [-0.15, -0.1) is 0 Å². The van der Waals surface area contributed by atoms with Crippen LogP contribution in [0.25, 0.3) is 18.2 Å². The topological polar surface area (TPSA) is 37.3 Å². The van der Waals surface area contributed by atoms with Crippen LogP contribution in [0.1, 0.15) is 56.2 Å². The van der Waals surface area contributed by atoms with Crippen molar-refractivity contribution in [3.05, 3.63) is 88.0 Å². The first kappa shape index (κ1) is 19.6. The van der Waals surface area contributed by atoms with E-state index in [-0.39, 0.29) is 17.3 Å². The molecule has 0 unspecified atom stereocenters. The van der Waals surface area contributed by atoms with E-state index in [0.29, 0.717) is 6.42 Å². The van der Waals surface area contributed by atoms with Crippen LogP contribution in [0.3, 0.4) is 0 Å². The first-order chi connectivity index (χ1) is 14.0. The van der Waals surface area contributed by atoms with Crippen LogP contribution in [-0.4, -0.2) is 17.0 Å². The number of aliphatic hydroxyl groups excluding tert-OH is 1. The minimum Gasteiger partial charge on any atom is -0.392 e. The summed E-state index contributed by atoms with van der Waals surface area (Å²) in [5, 5.41) is 10.7. The van der Waals surface area contributed by atoms with E-state index in [2.05, 4.69) is 55.5 Å². The van der Waals surface area contributed by atoms with Crippen LogP contribution in [0.15, 0.2) is 71.3 Å². The lowest BCUT2D eigenvalue weighted by molar-refractivity contribution is -0.113. The number of hydrogen-bond acceptors (Lipinski definition) is 2. The molecule has 2 nitrogen and oxygen atoms in total. The van der Waals surface area contributed by atoms with Crippen molar-refractivity contribution in [2.75, 3.05) is 0 Å². The monoisotopic (exact) mass is 384 g/mol. The molecule has 2 aromatic rings. The van der Waals surface area contributed by atoms with Crippen molar-refractivity contribution in [2.45, 2.75) is 45.6 Å². The highest BCUT2D eigenvalue weighted by molar-refractivity contribution is 6.12. The molecule has 2 aliphatic rings. The summed E-state index contributed by atoms with van der Waals surface area (Å²) in [6.07, 6.45) is 9.15. The van der Waals surface area contributed by atoms with Gasteiger partial charge in [0.2, 0.25) is 0 Å². The van der Waals surface area contributed by atoms with Gasteiger partial charge in [-0.2, -0.15) is 0 Å². The number of fused-ring (bicyclic) bond motifs is 1. The molecule has 29 heavy (non-hydrogen) atoms. The first-order valence-electron chi connectivity index (χ1n) is 10.4. The Labute approximate surface area is 173 Å². The average Bonchev–Trinajstić information content (AvgIpc) is 2.74. The van der Waals surface area contributed by atoms with E-state index in [9.17, 15) is 9.90 Å². The maximum absolute atomic E-state index is 12.9. The van der Waals surface area contributed by atoms with Crippen molar-refractivity contribution in [1.82, 2.24) is 0 Å². The molecule has 2 aliphatic carbocycles. The molecule has 0 aliphatic heterocycles. The summed E-state index contributed by atoms with van der Waals surface area (Å²) in [4.78, 5) is 12.9. The van der Waals surface area contributed by atoms with Gasteiger partial charge in [0.15, 0.2) is 5.78 Å². The molecule has 0 saturated heterocycles. The SMILES string of the molecule is CC1=C2CCC[C@H](O)[C@@]2(C)CC(=Cc2ccc(C=Cc3ccccc3)cc2)C1=O. The minimum atomic E-state index is -0.372. The number of benzene rings is 2. The normalized spacial score (nSPS) is 26.2. The van der Waals surface area contributed by atoms with Crippen molar-refractivity contribution in [3.63, 3.8) is 0 Å². The Balaban J connectivity index is 1.57. The number of aliphatic hydroxyl groups is 1. The summed E-state index contributed by atoms with van der Waals surface area (Å²) in [5.74, 6) is 0.139. The van der Waals surface area contributed by atoms with Gasteiger partial charge in [-0.1, -0.05) is 79.2 Å². The third-order valence-electron chi connectivity index (χ3n) is 6.52. The van der Waals surface area contributed by atoms with Crippen LogP contribution in [0, 0.1) is 5.41 Å². The van der Waals surface area contributed by atoms with E-state index >= 15 is 0 Å². The van der Waals surface area contributed by atoms with E-state index in [1.165, 1.54) is 11.1 Å². The summed E-state index contributed by atoms with van der Waals surface area (Å²) in [5.41, 5.74) is 5.83. The predicted molar refractivity (Wildman–Crippen MR) is 120 cm³/mol. The Hall–Kier alpha value is -2.71. The Morgan fingerprint density at radius 3 is 2.28 bits per heavy atom. The fraction of sp³-hybridized carbons (Fsp3) is 0.296. The molecule has 0 aromatic heterocycles. The lowest BCUT2D eigenvalue weighted by Gasteiger charge is -2.45. The Morgan fingerprint density at radius 2 is 1.59 bits per heavy atom. The fourth-order valence-electron chi connectivity index (χ4n) is 4.75. The van der Waals surface area contributed by atoms with Gasteiger partial charge in [0.05, 0.1) is 6.10 Å². The van der Waals surface area contributed by atoms with Gasteiger partial charge in [0.1, 0.15) is 0 Å². The molecule has 148 valence electrons. The van der Waals surface area contributed by atoms with Gasteiger partial charge in [-0.3, -0.25) is 4.79 Å². The summed E-state index contributed by atoms with van der Waals surface area (Å²) in [7, 11) is 0. The highest BCUT2D eigenvalue weighted by Gasteiger charge is 2.45. The second kappa shape index (κ2) is 7.96. The molecule has 0 spiro atoms. The quantitative estimate of drug-likeness (QED) is 0.514. The van der Waals surface area contributed by atoms with Crippen LogP contribution >= 0.6 is 0 Å². The van der Waals surface area contributed by atoms with Gasteiger partial charge >= 0.3 is 0 Å². The van der Waals surface area contributed by atoms with E-state index < -0.39 is 0 Å². The van der Waals surface area contributed by atoms with Crippen LogP contribution in [0.2, 0.25) is 0 Å². The highest BCUT2D eigenvalue weighted by Crippen LogP contribution is 2.50.